The Morgan fingerprint density at radius 3 is 2.54 bits per heavy atom. The summed E-state index contributed by atoms with van der Waals surface area (Å²) in [5.74, 6) is 0.150. The number of anilines is 1. The Labute approximate surface area is 211 Å². The SMILES string of the molecule is O=C(CSc1nc2ccccc2c(=O)n1-c1ccccc1)N1c2ccccc2S[C@@H]2C=CC=C[C@@H]21. The average Bonchev–Trinajstić information content (AvgIpc) is 2.91. The monoisotopic (exact) mass is 495 g/mol. The van der Waals surface area contributed by atoms with Crippen molar-refractivity contribution in [3.05, 3.63) is 114 Å². The summed E-state index contributed by atoms with van der Waals surface area (Å²) in [7, 11) is 0. The number of amides is 1. The lowest BCUT2D eigenvalue weighted by Crippen LogP contribution is -2.48. The van der Waals surface area contributed by atoms with E-state index in [0.717, 1.165) is 16.3 Å². The highest BCUT2D eigenvalue weighted by molar-refractivity contribution is 8.00. The summed E-state index contributed by atoms with van der Waals surface area (Å²) in [6.07, 6.45) is 8.28. The van der Waals surface area contributed by atoms with Gasteiger partial charge in [-0.2, -0.15) is 0 Å². The first kappa shape index (κ1) is 21.9. The summed E-state index contributed by atoms with van der Waals surface area (Å²) in [6.45, 7) is 0. The Hall–Kier alpha value is -3.55. The molecule has 0 N–H and O–H groups in total. The number of fused-ring (bicyclic) bond motifs is 3. The van der Waals surface area contributed by atoms with E-state index in [9.17, 15) is 9.59 Å². The molecular weight excluding hydrogens is 474 g/mol. The van der Waals surface area contributed by atoms with Crippen molar-refractivity contribution < 1.29 is 4.79 Å². The third-order valence-electron chi connectivity index (χ3n) is 6.10. The summed E-state index contributed by atoms with van der Waals surface area (Å²) in [4.78, 5) is 34.9. The van der Waals surface area contributed by atoms with Crippen molar-refractivity contribution in [2.24, 2.45) is 0 Å². The molecule has 1 amide bonds. The van der Waals surface area contributed by atoms with Crippen LogP contribution in [-0.4, -0.2) is 32.5 Å². The van der Waals surface area contributed by atoms with Crippen LogP contribution in [0.25, 0.3) is 16.6 Å². The largest absolute Gasteiger partial charge is 0.302 e. The molecule has 4 aromatic rings. The molecule has 0 fully saturated rings. The van der Waals surface area contributed by atoms with Gasteiger partial charge >= 0.3 is 0 Å². The number of carbonyl (C=O) groups is 1. The first-order chi connectivity index (χ1) is 17.2. The molecule has 0 saturated carbocycles. The van der Waals surface area contributed by atoms with Gasteiger partial charge in [-0.3, -0.25) is 14.2 Å². The number of hydrogen-bond acceptors (Lipinski definition) is 5. The molecule has 6 rings (SSSR count). The third-order valence-corrected chi connectivity index (χ3v) is 8.33. The number of para-hydroxylation sites is 3. The van der Waals surface area contributed by atoms with Gasteiger partial charge in [-0.25, -0.2) is 4.98 Å². The molecule has 35 heavy (non-hydrogen) atoms. The van der Waals surface area contributed by atoms with Crippen molar-refractivity contribution in [2.75, 3.05) is 10.7 Å². The molecule has 0 saturated heterocycles. The van der Waals surface area contributed by atoms with Crippen LogP contribution in [0.5, 0.6) is 0 Å². The molecule has 0 radical (unpaired) electrons. The highest BCUT2D eigenvalue weighted by Gasteiger charge is 2.36. The fourth-order valence-corrected chi connectivity index (χ4v) is 6.62. The third kappa shape index (κ3) is 4.00. The number of carbonyl (C=O) groups excluding carboxylic acids is 1. The first-order valence-corrected chi connectivity index (χ1v) is 13.2. The lowest BCUT2D eigenvalue weighted by Gasteiger charge is -2.40. The summed E-state index contributed by atoms with van der Waals surface area (Å²) >= 11 is 3.08. The second-order valence-electron chi connectivity index (χ2n) is 8.25. The molecule has 1 aromatic heterocycles. The maximum atomic E-state index is 13.7. The van der Waals surface area contributed by atoms with Crippen molar-refractivity contribution in [3.63, 3.8) is 0 Å². The lowest BCUT2D eigenvalue weighted by atomic mass is 10.0. The van der Waals surface area contributed by atoms with E-state index in [0.29, 0.717) is 16.1 Å². The normalized spacial score (nSPS) is 18.3. The number of benzene rings is 3. The van der Waals surface area contributed by atoms with Crippen LogP contribution in [0.3, 0.4) is 0 Å². The zero-order valence-electron chi connectivity index (χ0n) is 18.7. The zero-order valence-corrected chi connectivity index (χ0v) is 20.3. The maximum absolute atomic E-state index is 13.7. The van der Waals surface area contributed by atoms with E-state index in [2.05, 4.69) is 18.2 Å². The predicted octanol–water partition coefficient (Wildman–Crippen LogP) is 5.48. The number of hydrogen-bond donors (Lipinski definition) is 0. The van der Waals surface area contributed by atoms with E-state index < -0.39 is 0 Å². The summed E-state index contributed by atoms with van der Waals surface area (Å²) in [5.41, 5.74) is 2.14. The molecule has 2 atom stereocenters. The van der Waals surface area contributed by atoms with Crippen molar-refractivity contribution in [1.29, 1.82) is 0 Å². The minimum Gasteiger partial charge on any atom is -0.302 e. The van der Waals surface area contributed by atoms with Gasteiger partial charge in [0.1, 0.15) is 0 Å². The standard InChI is InChI=1S/C28H21N3O2S2/c32-26(31-22-14-6-8-16-24(22)35-25-17-9-7-15-23(25)31)18-34-28-29-21-13-5-4-12-20(21)27(33)30(28)19-10-2-1-3-11-19/h1-17,22,24H,18H2/t22-,24+/m0/s1. The van der Waals surface area contributed by atoms with Gasteiger partial charge in [-0.15, -0.1) is 11.8 Å². The Morgan fingerprint density at radius 2 is 1.66 bits per heavy atom. The van der Waals surface area contributed by atoms with Crippen LogP contribution >= 0.6 is 23.5 Å². The Bertz CT molecular complexity index is 1550. The first-order valence-electron chi connectivity index (χ1n) is 11.3. The molecule has 5 nitrogen and oxygen atoms in total. The molecule has 2 heterocycles. The summed E-state index contributed by atoms with van der Waals surface area (Å²) in [6, 6.07) is 24.8. The summed E-state index contributed by atoms with van der Waals surface area (Å²) < 4.78 is 1.60. The topological polar surface area (TPSA) is 55.2 Å². The minimum absolute atomic E-state index is 0.0141. The lowest BCUT2D eigenvalue weighted by molar-refractivity contribution is -0.116. The molecule has 1 aliphatic carbocycles. The van der Waals surface area contributed by atoms with Crippen molar-refractivity contribution in [1.82, 2.24) is 9.55 Å². The molecule has 1 aliphatic heterocycles. The molecule has 3 aromatic carbocycles. The van der Waals surface area contributed by atoms with Gasteiger partial charge < -0.3 is 4.90 Å². The van der Waals surface area contributed by atoms with E-state index in [1.54, 1.807) is 22.4 Å². The van der Waals surface area contributed by atoms with E-state index in [1.807, 2.05) is 83.8 Å². The fraction of sp³-hybridized carbons (Fsp3) is 0.107. The van der Waals surface area contributed by atoms with Crippen LogP contribution in [0.15, 0.2) is 118 Å². The van der Waals surface area contributed by atoms with Crippen LogP contribution in [0, 0.1) is 0 Å². The highest BCUT2D eigenvalue weighted by atomic mass is 32.2. The molecule has 2 aliphatic rings. The van der Waals surface area contributed by atoms with Crippen molar-refractivity contribution >= 4 is 46.0 Å². The van der Waals surface area contributed by atoms with Crippen LogP contribution in [0.4, 0.5) is 5.69 Å². The molecule has 0 unspecified atom stereocenters. The van der Waals surface area contributed by atoms with Gasteiger partial charge in [0.15, 0.2) is 5.16 Å². The highest BCUT2D eigenvalue weighted by Crippen LogP contribution is 2.43. The molecule has 0 bridgehead atoms. The maximum Gasteiger partial charge on any atom is 0.266 e. The van der Waals surface area contributed by atoms with Crippen LogP contribution in [-0.2, 0) is 4.79 Å². The fourth-order valence-electron chi connectivity index (χ4n) is 4.49. The number of thioether (sulfide) groups is 2. The van der Waals surface area contributed by atoms with E-state index in [4.69, 9.17) is 4.98 Å². The van der Waals surface area contributed by atoms with Gasteiger partial charge in [-0.1, -0.05) is 78.5 Å². The van der Waals surface area contributed by atoms with Gasteiger partial charge in [0.25, 0.3) is 5.56 Å². The minimum atomic E-state index is -0.142. The van der Waals surface area contributed by atoms with Crippen LogP contribution in [0.2, 0.25) is 0 Å². The second-order valence-corrected chi connectivity index (χ2v) is 10.4. The van der Waals surface area contributed by atoms with Crippen molar-refractivity contribution in [3.8, 4) is 5.69 Å². The van der Waals surface area contributed by atoms with E-state index >= 15 is 0 Å². The predicted molar refractivity (Wildman–Crippen MR) is 144 cm³/mol. The van der Waals surface area contributed by atoms with Crippen molar-refractivity contribution in [2.45, 2.75) is 21.3 Å². The molecular formula is C28H21N3O2S2. The number of allylic oxidation sites excluding steroid dienone is 2. The number of rotatable bonds is 4. The average molecular weight is 496 g/mol. The van der Waals surface area contributed by atoms with Crippen LogP contribution < -0.4 is 10.5 Å². The smallest absolute Gasteiger partial charge is 0.266 e. The van der Waals surface area contributed by atoms with Gasteiger partial charge in [-0.05, 0) is 36.4 Å². The second kappa shape index (κ2) is 9.24. The molecule has 172 valence electrons. The summed E-state index contributed by atoms with van der Waals surface area (Å²) in [5, 5.41) is 1.23. The number of aromatic nitrogens is 2. The zero-order chi connectivity index (χ0) is 23.8. The van der Waals surface area contributed by atoms with Crippen LogP contribution in [0.1, 0.15) is 0 Å². The Morgan fingerprint density at radius 1 is 0.914 bits per heavy atom. The Kier molecular flexibility index (Phi) is 5.80. The quantitative estimate of drug-likeness (QED) is 0.277. The van der Waals surface area contributed by atoms with E-state index in [-0.39, 0.29) is 28.5 Å². The van der Waals surface area contributed by atoms with Gasteiger partial charge in [0.05, 0.1) is 39.3 Å². The Balaban J connectivity index is 1.37. The van der Waals surface area contributed by atoms with Gasteiger partial charge in [0.2, 0.25) is 5.91 Å². The molecule has 7 heteroatoms. The number of nitrogens with zero attached hydrogens (tertiary/aromatic N) is 3. The van der Waals surface area contributed by atoms with E-state index in [1.165, 1.54) is 11.8 Å². The molecule has 0 spiro atoms. The van der Waals surface area contributed by atoms with Gasteiger partial charge in [0, 0.05) is 4.90 Å².